The minimum atomic E-state index is -0.169. The number of nitrogens with two attached hydrogens (primary N) is 1. The summed E-state index contributed by atoms with van der Waals surface area (Å²) in [5.74, 6) is 0.795. The van der Waals surface area contributed by atoms with Crippen LogP contribution in [0, 0.1) is 11.8 Å². The monoisotopic (exact) mass is 254 g/mol. The standard InChI is InChI=1S/C13H19ClN2O/c1-8(2)9(3)7-16-13(17)11-6-10(14)4-5-12(11)15/h4-6,8-9H,7,15H2,1-3H3,(H,16,17). The molecule has 1 aromatic carbocycles. The molecule has 0 aliphatic carbocycles. The second kappa shape index (κ2) is 5.92. The van der Waals surface area contributed by atoms with E-state index in [0.717, 1.165) is 0 Å². The lowest BCUT2D eigenvalue weighted by Gasteiger charge is -2.16. The number of carbonyl (C=O) groups is 1. The van der Waals surface area contributed by atoms with Gasteiger partial charge in [-0.3, -0.25) is 4.79 Å². The lowest BCUT2D eigenvalue weighted by molar-refractivity contribution is 0.0946. The van der Waals surface area contributed by atoms with Crippen molar-refractivity contribution in [2.45, 2.75) is 20.8 Å². The maximum atomic E-state index is 11.9. The van der Waals surface area contributed by atoms with E-state index in [0.29, 0.717) is 34.7 Å². The van der Waals surface area contributed by atoms with Gasteiger partial charge in [-0.1, -0.05) is 32.4 Å². The van der Waals surface area contributed by atoms with Crippen LogP contribution in [0.25, 0.3) is 0 Å². The minimum absolute atomic E-state index is 0.169. The van der Waals surface area contributed by atoms with Gasteiger partial charge in [0.25, 0.3) is 5.91 Å². The average molecular weight is 255 g/mol. The summed E-state index contributed by atoms with van der Waals surface area (Å²) in [6.07, 6.45) is 0. The van der Waals surface area contributed by atoms with Crippen LogP contribution >= 0.6 is 11.6 Å². The van der Waals surface area contributed by atoms with Crippen LogP contribution in [0.3, 0.4) is 0 Å². The van der Waals surface area contributed by atoms with E-state index >= 15 is 0 Å². The molecule has 0 heterocycles. The van der Waals surface area contributed by atoms with E-state index in [-0.39, 0.29) is 5.91 Å². The highest BCUT2D eigenvalue weighted by molar-refractivity contribution is 6.31. The zero-order chi connectivity index (χ0) is 13.0. The van der Waals surface area contributed by atoms with Crippen molar-refractivity contribution in [1.82, 2.24) is 5.32 Å². The van der Waals surface area contributed by atoms with Gasteiger partial charge < -0.3 is 11.1 Å². The highest BCUT2D eigenvalue weighted by Crippen LogP contribution is 2.18. The molecule has 17 heavy (non-hydrogen) atoms. The molecular weight excluding hydrogens is 236 g/mol. The normalized spacial score (nSPS) is 12.5. The zero-order valence-corrected chi connectivity index (χ0v) is 11.2. The summed E-state index contributed by atoms with van der Waals surface area (Å²) in [4.78, 5) is 11.9. The first-order valence-corrected chi connectivity index (χ1v) is 6.12. The molecule has 0 aliphatic heterocycles. The number of benzene rings is 1. The van der Waals surface area contributed by atoms with Gasteiger partial charge in [0.15, 0.2) is 0 Å². The second-order valence-electron chi connectivity index (χ2n) is 4.66. The topological polar surface area (TPSA) is 55.1 Å². The smallest absolute Gasteiger partial charge is 0.253 e. The van der Waals surface area contributed by atoms with Crippen LogP contribution in [0.2, 0.25) is 5.02 Å². The third-order valence-electron chi connectivity index (χ3n) is 2.98. The Balaban J connectivity index is 2.67. The minimum Gasteiger partial charge on any atom is -0.398 e. The van der Waals surface area contributed by atoms with Gasteiger partial charge in [0.05, 0.1) is 5.56 Å². The number of hydrogen-bond donors (Lipinski definition) is 2. The average Bonchev–Trinajstić information content (AvgIpc) is 2.28. The van der Waals surface area contributed by atoms with Crippen molar-refractivity contribution in [3.8, 4) is 0 Å². The van der Waals surface area contributed by atoms with E-state index in [1.807, 2.05) is 0 Å². The van der Waals surface area contributed by atoms with Gasteiger partial charge in [0.1, 0.15) is 0 Å². The summed E-state index contributed by atoms with van der Waals surface area (Å²) in [6, 6.07) is 4.90. The van der Waals surface area contributed by atoms with Gasteiger partial charge in [0, 0.05) is 17.3 Å². The summed E-state index contributed by atoms with van der Waals surface area (Å²) in [5.41, 5.74) is 6.62. The third-order valence-corrected chi connectivity index (χ3v) is 3.22. The second-order valence-corrected chi connectivity index (χ2v) is 5.10. The molecule has 1 amide bonds. The van der Waals surface area contributed by atoms with Crippen molar-refractivity contribution in [3.05, 3.63) is 28.8 Å². The molecule has 1 aromatic rings. The number of amides is 1. The highest BCUT2D eigenvalue weighted by atomic mass is 35.5. The van der Waals surface area contributed by atoms with Crippen LogP contribution in [0.5, 0.6) is 0 Å². The predicted octanol–water partition coefficient (Wildman–Crippen LogP) is 2.94. The molecule has 1 atom stereocenters. The summed E-state index contributed by atoms with van der Waals surface area (Å²) in [6.45, 7) is 7.00. The quantitative estimate of drug-likeness (QED) is 0.812. The molecular formula is C13H19ClN2O. The van der Waals surface area contributed by atoms with Crippen molar-refractivity contribution in [2.75, 3.05) is 12.3 Å². The Bertz CT molecular complexity index is 404. The Labute approximate surface area is 107 Å². The molecule has 3 N–H and O–H groups in total. The number of halogens is 1. The molecule has 4 heteroatoms. The van der Waals surface area contributed by atoms with Crippen molar-refractivity contribution < 1.29 is 4.79 Å². The van der Waals surface area contributed by atoms with Crippen LogP contribution in [-0.2, 0) is 0 Å². The number of nitrogens with one attached hydrogen (secondary N) is 1. The van der Waals surface area contributed by atoms with E-state index in [1.54, 1.807) is 18.2 Å². The Morgan fingerprint density at radius 2 is 2.06 bits per heavy atom. The highest BCUT2D eigenvalue weighted by Gasteiger charge is 2.12. The number of hydrogen-bond acceptors (Lipinski definition) is 2. The fraction of sp³-hybridized carbons (Fsp3) is 0.462. The van der Waals surface area contributed by atoms with Crippen molar-refractivity contribution in [1.29, 1.82) is 0 Å². The lowest BCUT2D eigenvalue weighted by atomic mass is 9.98. The summed E-state index contributed by atoms with van der Waals surface area (Å²) >= 11 is 5.84. The molecule has 0 aromatic heterocycles. The zero-order valence-electron chi connectivity index (χ0n) is 10.5. The first-order chi connectivity index (χ1) is 7.91. The van der Waals surface area contributed by atoms with Gasteiger partial charge in [-0.05, 0) is 30.0 Å². The lowest BCUT2D eigenvalue weighted by Crippen LogP contribution is -2.30. The number of nitrogen functional groups attached to an aromatic ring is 1. The Kier molecular flexibility index (Phi) is 4.82. The number of rotatable bonds is 4. The first-order valence-electron chi connectivity index (χ1n) is 5.75. The summed E-state index contributed by atoms with van der Waals surface area (Å²) in [5, 5.41) is 3.39. The Morgan fingerprint density at radius 1 is 1.41 bits per heavy atom. The summed E-state index contributed by atoms with van der Waals surface area (Å²) < 4.78 is 0. The van der Waals surface area contributed by atoms with E-state index in [2.05, 4.69) is 26.1 Å². The maximum Gasteiger partial charge on any atom is 0.253 e. The van der Waals surface area contributed by atoms with Crippen LogP contribution < -0.4 is 11.1 Å². The van der Waals surface area contributed by atoms with Gasteiger partial charge in [-0.25, -0.2) is 0 Å². The van der Waals surface area contributed by atoms with Gasteiger partial charge in [0.2, 0.25) is 0 Å². The van der Waals surface area contributed by atoms with E-state index in [9.17, 15) is 4.79 Å². The van der Waals surface area contributed by atoms with E-state index < -0.39 is 0 Å². The fourth-order valence-corrected chi connectivity index (χ4v) is 1.48. The number of anilines is 1. The molecule has 0 bridgehead atoms. The molecule has 1 unspecified atom stereocenters. The van der Waals surface area contributed by atoms with Crippen molar-refractivity contribution in [3.63, 3.8) is 0 Å². The largest absolute Gasteiger partial charge is 0.398 e. The molecule has 0 radical (unpaired) electrons. The molecule has 3 nitrogen and oxygen atoms in total. The Hall–Kier alpha value is -1.22. The van der Waals surface area contributed by atoms with Crippen molar-refractivity contribution >= 4 is 23.2 Å². The molecule has 0 saturated heterocycles. The van der Waals surface area contributed by atoms with Crippen molar-refractivity contribution in [2.24, 2.45) is 11.8 Å². The van der Waals surface area contributed by atoms with Gasteiger partial charge >= 0.3 is 0 Å². The van der Waals surface area contributed by atoms with Crippen LogP contribution in [0.15, 0.2) is 18.2 Å². The molecule has 0 saturated carbocycles. The fourth-order valence-electron chi connectivity index (χ4n) is 1.31. The van der Waals surface area contributed by atoms with Gasteiger partial charge in [-0.2, -0.15) is 0 Å². The molecule has 0 fully saturated rings. The Morgan fingerprint density at radius 3 is 2.65 bits per heavy atom. The van der Waals surface area contributed by atoms with Crippen LogP contribution in [0.1, 0.15) is 31.1 Å². The molecule has 0 aliphatic rings. The maximum absolute atomic E-state index is 11.9. The molecule has 1 rings (SSSR count). The SMILES string of the molecule is CC(C)C(C)CNC(=O)c1cc(Cl)ccc1N. The van der Waals surface area contributed by atoms with Crippen LogP contribution in [0.4, 0.5) is 5.69 Å². The van der Waals surface area contributed by atoms with E-state index in [1.165, 1.54) is 0 Å². The molecule has 94 valence electrons. The predicted molar refractivity (Wildman–Crippen MR) is 72.2 cm³/mol. The number of carbonyl (C=O) groups excluding carboxylic acids is 1. The third kappa shape index (κ3) is 3.93. The summed E-state index contributed by atoms with van der Waals surface area (Å²) in [7, 11) is 0. The van der Waals surface area contributed by atoms with Gasteiger partial charge in [-0.15, -0.1) is 0 Å². The molecule has 0 spiro atoms. The van der Waals surface area contributed by atoms with Crippen LogP contribution in [-0.4, -0.2) is 12.5 Å². The first kappa shape index (κ1) is 13.8. The van der Waals surface area contributed by atoms with E-state index in [4.69, 9.17) is 17.3 Å².